The zero-order chi connectivity index (χ0) is 15.9. The van der Waals surface area contributed by atoms with Gasteiger partial charge in [-0.15, -0.1) is 0 Å². The molecule has 2 atom stereocenters. The number of nitrogens with one attached hydrogen (secondary N) is 1. The number of amides is 1. The number of carbonyl (C=O) groups excluding carboxylic acids is 2. The standard InChI is InChI=1S/C17H24N2O3/c1-2-22-17(21)10-12-5-3-7-14(9-12)19-16(20)11-13-6-4-8-15(13)18/h3,5,7,9,13,15H,2,4,6,8,10-11,18H2,1H3,(H,19,20)/t13-,15+/m0/s1. The van der Waals surface area contributed by atoms with Crippen LogP contribution in [-0.2, 0) is 20.7 Å². The topological polar surface area (TPSA) is 81.4 Å². The molecule has 3 N–H and O–H groups in total. The zero-order valence-corrected chi connectivity index (χ0v) is 13.0. The van der Waals surface area contributed by atoms with Crippen molar-refractivity contribution in [2.75, 3.05) is 11.9 Å². The van der Waals surface area contributed by atoms with Crippen LogP contribution in [0.3, 0.4) is 0 Å². The maximum absolute atomic E-state index is 12.1. The first kappa shape index (κ1) is 16.5. The molecule has 1 aromatic rings. The molecule has 0 radical (unpaired) electrons. The van der Waals surface area contributed by atoms with Gasteiger partial charge in [-0.3, -0.25) is 9.59 Å². The van der Waals surface area contributed by atoms with E-state index in [2.05, 4.69) is 5.32 Å². The molecular formula is C17H24N2O3. The average molecular weight is 304 g/mol. The number of hydrogen-bond acceptors (Lipinski definition) is 4. The van der Waals surface area contributed by atoms with Crippen LogP contribution in [0.25, 0.3) is 0 Å². The second kappa shape index (κ2) is 7.94. The fourth-order valence-electron chi connectivity index (χ4n) is 2.91. The van der Waals surface area contributed by atoms with Gasteiger partial charge in [0.2, 0.25) is 5.91 Å². The monoisotopic (exact) mass is 304 g/mol. The van der Waals surface area contributed by atoms with Gasteiger partial charge in [-0.05, 0) is 43.4 Å². The van der Waals surface area contributed by atoms with E-state index in [1.165, 1.54) is 0 Å². The molecule has 0 saturated heterocycles. The van der Waals surface area contributed by atoms with Crippen molar-refractivity contribution in [3.8, 4) is 0 Å². The number of hydrogen-bond donors (Lipinski definition) is 2. The summed E-state index contributed by atoms with van der Waals surface area (Å²) in [6, 6.07) is 7.44. The Kier molecular flexibility index (Phi) is 5.95. The SMILES string of the molecule is CCOC(=O)Cc1cccc(NC(=O)C[C@@H]2CCC[C@H]2N)c1. The van der Waals surface area contributed by atoms with E-state index >= 15 is 0 Å². The van der Waals surface area contributed by atoms with Gasteiger partial charge in [-0.1, -0.05) is 18.6 Å². The molecule has 0 unspecified atom stereocenters. The molecule has 1 saturated carbocycles. The summed E-state index contributed by atoms with van der Waals surface area (Å²) in [5, 5.41) is 2.89. The van der Waals surface area contributed by atoms with Gasteiger partial charge >= 0.3 is 5.97 Å². The van der Waals surface area contributed by atoms with Crippen LogP contribution in [0.5, 0.6) is 0 Å². The van der Waals surface area contributed by atoms with E-state index in [4.69, 9.17) is 10.5 Å². The van der Waals surface area contributed by atoms with Crippen LogP contribution < -0.4 is 11.1 Å². The van der Waals surface area contributed by atoms with E-state index in [0.29, 0.717) is 18.7 Å². The average Bonchev–Trinajstić information content (AvgIpc) is 2.84. The molecule has 1 fully saturated rings. The van der Waals surface area contributed by atoms with Crippen LogP contribution in [0.15, 0.2) is 24.3 Å². The van der Waals surface area contributed by atoms with Gasteiger partial charge in [0.05, 0.1) is 13.0 Å². The molecule has 120 valence electrons. The van der Waals surface area contributed by atoms with Gasteiger partial charge in [0, 0.05) is 18.2 Å². The van der Waals surface area contributed by atoms with Crippen molar-refractivity contribution in [2.24, 2.45) is 11.7 Å². The van der Waals surface area contributed by atoms with Crippen LogP contribution in [0.2, 0.25) is 0 Å². The zero-order valence-electron chi connectivity index (χ0n) is 13.0. The maximum Gasteiger partial charge on any atom is 0.310 e. The molecule has 0 heterocycles. The summed E-state index contributed by atoms with van der Waals surface area (Å²) in [5.74, 6) is 0.00116. The van der Waals surface area contributed by atoms with Crippen molar-refractivity contribution in [3.63, 3.8) is 0 Å². The third kappa shape index (κ3) is 4.84. The summed E-state index contributed by atoms with van der Waals surface area (Å²) in [5.41, 5.74) is 7.53. The number of ether oxygens (including phenoxy) is 1. The van der Waals surface area contributed by atoms with Crippen molar-refractivity contribution in [1.29, 1.82) is 0 Å². The summed E-state index contributed by atoms with van der Waals surface area (Å²) in [6.45, 7) is 2.15. The predicted molar refractivity (Wildman–Crippen MR) is 85.3 cm³/mol. The van der Waals surface area contributed by atoms with E-state index in [1.54, 1.807) is 6.92 Å². The molecule has 0 spiro atoms. The van der Waals surface area contributed by atoms with Crippen molar-refractivity contribution in [1.82, 2.24) is 0 Å². The van der Waals surface area contributed by atoms with Gasteiger partial charge in [0.15, 0.2) is 0 Å². The van der Waals surface area contributed by atoms with Gasteiger partial charge < -0.3 is 15.8 Å². The van der Waals surface area contributed by atoms with Crippen LogP contribution >= 0.6 is 0 Å². The van der Waals surface area contributed by atoms with Crippen molar-refractivity contribution in [3.05, 3.63) is 29.8 Å². The lowest BCUT2D eigenvalue weighted by Gasteiger charge is -2.15. The first-order valence-corrected chi connectivity index (χ1v) is 7.88. The smallest absolute Gasteiger partial charge is 0.310 e. The normalized spacial score (nSPS) is 20.6. The quantitative estimate of drug-likeness (QED) is 0.790. The minimum atomic E-state index is -0.261. The number of benzene rings is 1. The maximum atomic E-state index is 12.1. The minimum absolute atomic E-state index is 0.0179. The minimum Gasteiger partial charge on any atom is -0.466 e. The molecule has 0 aliphatic heterocycles. The highest BCUT2D eigenvalue weighted by atomic mass is 16.5. The lowest BCUT2D eigenvalue weighted by molar-refractivity contribution is -0.142. The van der Waals surface area contributed by atoms with E-state index in [9.17, 15) is 9.59 Å². The molecule has 2 rings (SSSR count). The highest BCUT2D eigenvalue weighted by Crippen LogP contribution is 2.27. The Morgan fingerprint density at radius 2 is 2.18 bits per heavy atom. The fraction of sp³-hybridized carbons (Fsp3) is 0.529. The first-order valence-electron chi connectivity index (χ1n) is 7.88. The molecule has 1 aliphatic carbocycles. The fourth-order valence-corrected chi connectivity index (χ4v) is 2.91. The van der Waals surface area contributed by atoms with Crippen LogP contribution in [0.4, 0.5) is 5.69 Å². The number of anilines is 1. The Bertz CT molecular complexity index is 530. The molecule has 0 aromatic heterocycles. The van der Waals surface area contributed by atoms with Gasteiger partial charge in [0.25, 0.3) is 0 Å². The lowest BCUT2D eigenvalue weighted by atomic mass is 10.00. The van der Waals surface area contributed by atoms with E-state index in [1.807, 2.05) is 24.3 Å². The Morgan fingerprint density at radius 3 is 2.86 bits per heavy atom. The number of carbonyl (C=O) groups is 2. The Morgan fingerprint density at radius 1 is 1.36 bits per heavy atom. The van der Waals surface area contributed by atoms with Gasteiger partial charge in [-0.25, -0.2) is 0 Å². The lowest BCUT2D eigenvalue weighted by Crippen LogP contribution is -2.28. The Balaban J connectivity index is 1.89. The third-order valence-corrected chi connectivity index (χ3v) is 4.03. The number of nitrogens with two attached hydrogens (primary N) is 1. The molecule has 1 aliphatic rings. The van der Waals surface area contributed by atoms with Crippen molar-refractivity contribution in [2.45, 2.75) is 45.1 Å². The summed E-state index contributed by atoms with van der Waals surface area (Å²) < 4.78 is 4.93. The highest BCUT2D eigenvalue weighted by Gasteiger charge is 2.26. The Hall–Kier alpha value is -1.88. The van der Waals surface area contributed by atoms with Crippen molar-refractivity contribution < 1.29 is 14.3 Å². The molecule has 5 heteroatoms. The van der Waals surface area contributed by atoms with Crippen LogP contribution in [0.1, 0.15) is 38.2 Å². The second-order valence-corrected chi connectivity index (χ2v) is 5.79. The number of rotatable bonds is 6. The molecule has 0 bridgehead atoms. The molecule has 5 nitrogen and oxygen atoms in total. The van der Waals surface area contributed by atoms with E-state index in [-0.39, 0.29) is 30.3 Å². The summed E-state index contributed by atoms with van der Waals surface area (Å²) in [7, 11) is 0. The molecule has 1 aromatic carbocycles. The van der Waals surface area contributed by atoms with E-state index in [0.717, 1.165) is 24.8 Å². The molecular weight excluding hydrogens is 280 g/mol. The molecule has 22 heavy (non-hydrogen) atoms. The largest absolute Gasteiger partial charge is 0.466 e. The highest BCUT2D eigenvalue weighted by molar-refractivity contribution is 5.91. The molecule has 1 amide bonds. The van der Waals surface area contributed by atoms with E-state index < -0.39 is 0 Å². The van der Waals surface area contributed by atoms with Gasteiger partial charge in [-0.2, -0.15) is 0 Å². The first-order chi connectivity index (χ1) is 10.6. The van der Waals surface area contributed by atoms with Crippen LogP contribution in [-0.4, -0.2) is 24.5 Å². The van der Waals surface area contributed by atoms with Crippen LogP contribution in [0, 0.1) is 5.92 Å². The number of esters is 1. The van der Waals surface area contributed by atoms with Gasteiger partial charge in [0.1, 0.15) is 0 Å². The summed E-state index contributed by atoms with van der Waals surface area (Å²) >= 11 is 0. The summed E-state index contributed by atoms with van der Waals surface area (Å²) in [6.07, 6.45) is 3.81. The third-order valence-electron chi connectivity index (χ3n) is 4.03. The van der Waals surface area contributed by atoms with Crippen molar-refractivity contribution >= 4 is 17.6 Å². The summed E-state index contributed by atoms with van der Waals surface area (Å²) in [4.78, 5) is 23.6. The predicted octanol–water partition coefficient (Wildman–Crippen LogP) is 2.25. The second-order valence-electron chi connectivity index (χ2n) is 5.79. The Labute approximate surface area is 131 Å².